The molecule has 0 aliphatic carbocycles. The minimum absolute atomic E-state index is 0.226. The number of carbonyl (C=O) groups excluding carboxylic acids is 3. The minimum Gasteiger partial charge on any atom is -0.463 e. The summed E-state index contributed by atoms with van der Waals surface area (Å²) in [6.45, 7) is 12.9. The lowest BCUT2D eigenvalue weighted by Gasteiger charge is -2.27. The smallest absolute Gasteiger partial charge is 0.347 e. The van der Waals surface area contributed by atoms with Crippen LogP contribution < -0.4 is 0 Å². The molecule has 2 aliphatic rings. The summed E-state index contributed by atoms with van der Waals surface area (Å²) in [5.41, 5.74) is -0.969. The number of rotatable bonds is 6. The Balaban J connectivity index is 0.000000280. The molecule has 2 heterocycles. The number of cyclic esters (lactones) is 1. The van der Waals surface area contributed by atoms with Crippen molar-refractivity contribution in [2.75, 3.05) is 26.4 Å². The van der Waals surface area contributed by atoms with E-state index < -0.39 is 29.2 Å². The van der Waals surface area contributed by atoms with Gasteiger partial charge in [-0.2, -0.15) is 0 Å². The fraction of sp³-hybridized carbons (Fsp3) is 0.850. The average molecular weight is 402 g/mol. The van der Waals surface area contributed by atoms with Gasteiger partial charge in [0.25, 0.3) is 0 Å². The summed E-state index contributed by atoms with van der Waals surface area (Å²) in [5, 5.41) is 0. The van der Waals surface area contributed by atoms with Crippen molar-refractivity contribution in [2.24, 2.45) is 10.8 Å². The van der Waals surface area contributed by atoms with Crippen molar-refractivity contribution in [3.8, 4) is 0 Å². The zero-order valence-electron chi connectivity index (χ0n) is 17.9. The molecule has 0 spiro atoms. The molecule has 0 N–H and O–H groups in total. The third-order valence-electron chi connectivity index (χ3n) is 5.03. The van der Waals surface area contributed by atoms with Crippen molar-refractivity contribution in [1.29, 1.82) is 0 Å². The molecule has 0 radical (unpaired) electrons. The van der Waals surface area contributed by atoms with E-state index in [0.29, 0.717) is 39.3 Å². The van der Waals surface area contributed by atoms with Gasteiger partial charge in [-0.25, -0.2) is 4.79 Å². The number of esters is 3. The molecule has 162 valence electrons. The predicted molar refractivity (Wildman–Crippen MR) is 100 cm³/mol. The molecule has 0 aromatic carbocycles. The van der Waals surface area contributed by atoms with E-state index in [1.54, 1.807) is 13.8 Å². The van der Waals surface area contributed by atoms with Crippen LogP contribution in [0, 0.1) is 10.8 Å². The Hall–Kier alpha value is -1.67. The van der Waals surface area contributed by atoms with Crippen LogP contribution in [0.1, 0.15) is 60.8 Å². The van der Waals surface area contributed by atoms with Crippen LogP contribution >= 0.6 is 0 Å². The highest BCUT2D eigenvalue weighted by Crippen LogP contribution is 2.24. The predicted octanol–water partition coefficient (Wildman–Crippen LogP) is 2.62. The Kier molecular flexibility index (Phi) is 9.36. The van der Waals surface area contributed by atoms with Crippen molar-refractivity contribution in [1.82, 2.24) is 0 Å². The molecule has 0 bridgehead atoms. The van der Waals surface area contributed by atoms with E-state index in [1.807, 2.05) is 27.7 Å². The van der Waals surface area contributed by atoms with Gasteiger partial charge < -0.3 is 23.7 Å². The number of carbonyl (C=O) groups is 3. The van der Waals surface area contributed by atoms with Gasteiger partial charge in [-0.05, 0) is 40.5 Å². The molecule has 0 aromatic rings. The second kappa shape index (κ2) is 10.8. The lowest BCUT2D eigenvalue weighted by molar-refractivity contribution is -0.220. The van der Waals surface area contributed by atoms with Crippen LogP contribution in [-0.2, 0) is 38.1 Å². The van der Waals surface area contributed by atoms with Crippen LogP contribution in [0.25, 0.3) is 0 Å². The Labute approximate surface area is 167 Å². The molecule has 8 heteroatoms. The van der Waals surface area contributed by atoms with Gasteiger partial charge in [0.1, 0.15) is 6.61 Å². The fourth-order valence-corrected chi connectivity index (χ4v) is 1.97. The molecule has 2 aliphatic heterocycles. The summed E-state index contributed by atoms with van der Waals surface area (Å²) >= 11 is 0. The lowest BCUT2D eigenvalue weighted by atomic mass is 9.90. The summed E-state index contributed by atoms with van der Waals surface area (Å²) in [5.74, 6) is -0.982. The first kappa shape index (κ1) is 24.4. The Morgan fingerprint density at radius 2 is 1.54 bits per heavy atom. The van der Waals surface area contributed by atoms with Crippen LogP contribution in [0.4, 0.5) is 0 Å². The number of ether oxygens (including phenoxy) is 5. The van der Waals surface area contributed by atoms with Crippen molar-refractivity contribution in [2.45, 2.75) is 73.2 Å². The lowest BCUT2D eigenvalue weighted by Crippen LogP contribution is -2.37. The van der Waals surface area contributed by atoms with Crippen LogP contribution in [-0.4, -0.2) is 56.7 Å². The first-order valence-electron chi connectivity index (χ1n) is 9.81. The van der Waals surface area contributed by atoms with E-state index in [0.717, 1.165) is 6.42 Å². The second-order valence-electron chi connectivity index (χ2n) is 8.11. The fourth-order valence-electron chi connectivity index (χ4n) is 1.97. The van der Waals surface area contributed by atoms with E-state index >= 15 is 0 Å². The topological polar surface area (TPSA) is 97.4 Å². The molecule has 0 saturated carbocycles. The standard InChI is InChI=1S/C10H18O4.C10H16O4/c1-4-10(2,3)9(11)14-8-7-12-5-6-13-8;1-4-10(2,3)9(12)14-7-5-6-13-8(7)11/h8H,4-7H2,1-3H3;7H,4-6H2,1-3H3. The van der Waals surface area contributed by atoms with E-state index in [4.69, 9.17) is 23.7 Å². The van der Waals surface area contributed by atoms with Crippen LogP contribution in [0.5, 0.6) is 0 Å². The van der Waals surface area contributed by atoms with Gasteiger partial charge in [-0.3, -0.25) is 9.59 Å². The summed E-state index contributed by atoms with van der Waals surface area (Å²) in [6, 6.07) is 0. The monoisotopic (exact) mass is 402 g/mol. The maximum Gasteiger partial charge on any atom is 0.347 e. The molecule has 28 heavy (non-hydrogen) atoms. The Morgan fingerprint density at radius 3 is 1.96 bits per heavy atom. The van der Waals surface area contributed by atoms with Crippen molar-refractivity contribution in [3.63, 3.8) is 0 Å². The van der Waals surface area contributed by atoms with Gasteiger partial charge in [0.2, 0.25) is 12.4 Å². The van der Waals surface area contributed by atoms with E-state index in [2.05, 4.69) is 0 Å². The second-order valence-corrected chi connectivity index (χ2v) is 8.11. The van der Waals surface area contributed by atoms with E-state index in [-0.39, 0.29) is 11.9 Å². The van der Waals surface area contributed by atoms with E-state index in [1.165, 1.54) is 0 Å². The minimum atomic E-state index is -0.687. The van der Waals surface area contributed by atoms with Gasteiger partial charge in [0, 0.05) is 6.42 Å². The molecule has 0 aromatic heterocycles. The van der Waals surface area contributed by atoms with E-state index in [9.17, 15) is 14.4 Å². The molecule has 2 unspecified atom stereocenters. The summed E-state index contributed by atoms with van der Waals surface area (Å²) in [6.07, 6.45) is 0.701. The molecule has 2 atom stereocenters. The molecular weight excluding hydrogens is 368 g/mol. The number of hydrogen-bond acceptors (Lipinski definition) is 8. The summed E-state index contributed by atoms with van der Waals surface area (Å²) in [7, 11) is 0. The first-order chi connectivity index (χ1) is 13.0. The third kappa shape index (κ3) is 7.39. The van der Waals surface area contributed by atoms with Crippen LogP contribution in [0.15, 0.2) is 0 Å². The number of hydrogen-bond donors (Lipinski definition) is 0. The zero-order valence-corrected chi connectivity index (χ0v) is 17.9. The van der Waals surface area contributed by atoms with Gasteiger partial charge in [0.15, 0.2) is 0 Å². The Morgan fingerprint density at radius 1 is 0.964 bits per heavy atom. The molecule has 2 saturated heterocycles. The molecule has 8 nitrogen and oxygen atoms in total. The summed E-state index contributed by atoms with van der Waals surface area (Å²) in [4.78, 5) is 34.2. The molecule has 2 fully saturated rings. The highest BCUT2D eigenvalue weighted by atomic mass is 16.7. The molecule has 0 amide bonds. The maximum absolute atomic E-state index is 11.6. The van der Waals surface area contributed by atoms with Crippen molar-refractivity contribution >= 4 is 17.9 Å². The quantitative estimate of drug-likeness (QED) is 0.494. The Bertz CT molecular complexity index is 534. The van der Waals surface area contributed by atoms with Gasteiger partial charge in [0.05, 0.1) is 30.7 Å². The highest BCUT2D eigenvalue weighted by molar-refractivity contribution is 5.82. The van der Waals surface area contributed by atoms with Crippen molar-refractivity contribution in [3.05, 3.63) is 0 Å². The first-order valence-corrected chi connectivity index (χ1v) is 9.81. The van der Waals surface area contributed by atoms with Crippen LogP contribution in [0.2, 0.25) is 0 Å². The normalized spacial score (nSPS) is 22.6. The third-order valence-corrected chi connectivity index (χ3v) is 5.03. The molecule has 2 rings (SSSR count). The zero-order chi connectivity index (χ0) is 21.4. The average Bonchev–Trinajstić information content (AvgIpc) is 3.07. The largest absolute Gasteiger partial charge is 0.463 e. The van der Waals surface area contributed by atoms with Gasteiger partial charge in [-0.15, -0.1) is 0 Å². The summed E-state index contributed by atoms with van der Waals surface area (Å²) < 4.78 is 25.3. The SMILES string of the molecule is CCC(C)(C)C(=O)OC1CCOC1=O.CCC(C)(C)C(=O)OC1COCCO1. The van der Waals surface area contributed by atoms with Crippen molar-refractivity contribution < 1.29 is 38.1 Å². The maximum atomic E-state index is 11.6. The van der Waals surface area contributed by atoms with Gasteiger partial charge >= 0.3 is 17.9 Å². The highest BCUT2D eigenvalue weighted by Gasteiger charge is 2.35. The van der Waals surface area contributed by atoms with Crippen LogP contribution in [0.3, 0.4) is 0 Å². The molecular formula is C20H34O8. The van der Waals surface area contributed by atoms with Gasteiger partial charge in [-0.1, -0.05) is 13.8 Å².